The van der Waals surface area contributed by atoms with Crippen molar-refractivity contribution < 1.29 is 17.9 Å². The maximum absolute atomic E-state index is 12.7. The van der Waals surface area contributed by atoms with Crippen molar-refractivity contribution in [3.63, 3.8) is 0 Å². The number of amides is 1. The van der Waals surface area contributed by atoms with Crippen LogP contribution in [0.2, 0.25) is 0 Å². The highest BCUT2D eigenvalue weighted by atomic mass is 32.2. The third-order valence-electron chi connectivity index (χ3n) is 4.21. The van der Waals surface area contributed by atoms with Gasteiger partial charge in [-0.2, -0.15) is 0 Å². The van der Waals surface area contributed by atoms with Crippen LogP contribution >= 0.6 is 0 Å². The number of ether oxygens (including phenoxy) is 1. The Bertz CT molecular complexity index is 892. The monoisotopic (exact) mass is 376 g/mol. The van der Waals surface area contributed by atoms with Crippen LogP contribution in [-0.4, -0.2) is 46.7 Å². The van der Waals surface area contributed by atoms with E-state index in [1.807, 2.05) is 24.3 Å². The molecule has 2 aromatic rings. The largest absolute Gasteiger partial charge is 0.497 e. The lowest BCUT2D eigenvalue weighted by Crippen LogP contribution is -2.27. The zero-order chi connectivity index (χ0) is 19.5. The summed E-state index contributed by atoms with van der Waals surface area (Å²) in [6.45, 7) is 2.25. The van der Waals surface area contributed by atoms with E-state index in [9.17, 15) is 13.2 Å². The van der Waals surface area contributed by atoms with Crippen molar-refractivity contribution >= 4 is 21.6 Å². The molecule has 140 valence electrons. The van der Waals surface area contributed by atoms with Gasteiger partial charge in [-0.05, 0) is 48.4 Å². The topological polar surface area (TPSA) is 66.9 Å². The fourth-order valence-corrected chi connectivity index (χ4v) is 3.18. The van der Waals surface area contributed by atoms with Crippen LogP contribution in [0, 0.1) is 6.92 Å². The Hall–Kier alpha value is -2.54. The summed E-state index contributed by atoms with van der Waals surface area (Å²) in [4.78, 5) is 14.3. The van der Waals surface area contributed by atoms with Crippen molar-refractivity contribution in [1.29, 1.82) is 0 Å². The Balaban J connectivity index is 2.16. The van der Waals surface area contributed by atoms with Crippen LogP contribution in [0.4, 0.5) is 5.69 Å². The predicted octanol–water partition coefficient (Wildman–Crippen LogP) is 2.67. The lowest BCUT2D eigenvalue weighted by atomic mass is 10.1. The molecule has 26 heavy (non-hydrogen) atoms. The highest BCUT2D eigenvalue weighted by molar-refractivity contribution is 7.92. The smallest absolute Gasteiger partial charge is 0.253 e. The van der Waals surface area contributed by atoms with E-state index >= 15 is 0 Å². The van der Waals surface area contributed by atoms with Crippen molar-refractivity contribution in [3.8, 4) is 5.75 Å². The first-order valence-corrected chi connectivity index (χ1v) is 9.91. The molecule has 0 spiro atoms. The number of sulfonamides is 1. The van der Waals surface area contributed by atoms with Crippen molar-refractivity contribution in [2.75, 3.05) is 31.8 Å². The van der Waals surface area contributed by atoms with Crippen molar-refractivity contribution in [2.24, 2.45) is 0 Å². The first-order chi connectivity index (χ1) is 12.1. The molecule has 0 fully saturated rings. The van der Waals surface area contributed by atoms with Gasteiger partial charge < -0.3 is 9.64 Å². The molecule has 0 saturated carbocycles. The highest BCUT2D eigenvalue weighted by Gasteiger charge is 2.17. The minimum atomic E-state index is -3.35. The molecule has 0 bridgehead atoms. The molecule has 0 aliphatic rings. The number of nitrogens with zero attached hydrogens (tertiary/aromatic N) is 2. The molecule has 0 N–H and O–H groups in total. The molecule has 7 heteroatoms. The van der Waals surface area contributed by atoms with Crippen LogP contribution < -0.4 is 9.04 Å². The minimum absolute atomic E-state index is 0.127. The third kappa shape index (κ3) is 4.54. The molecule has 0 atom stereocenters. The summed E-state index contributed by atoms with van der Waals surface area (Å²) in [6.07, 6.45) is 1.15. The molecular formula is C19H24N2O4S. The molecule has 0 aromatic heterocycles. The fraction of sp³-hybridized carbons (Fsp3) is 0.316. The Kier molecular flexibility index (Phi) is 5.92. The molecule has 0 heterocycles. The van der Waals surface area contributed by atoms with Gasteiger partial charge in [-0.3, -0.25) is 9.10 Å². The second kappa shape index (κ2) is 7.78. The van der Waals surface area contributed by atoms with Gasteiger partial charge in [-0.15, -0.1) is 0 Å². The summed E-state index contributed by atoms with van der Waals surface area (Å²) < 4.78 is 29.7. The van der Waals surface area contributed by atoms with E-state index in [1.165, 1.54) is 11.4 Å². The summed E-state index contributed by atoms with van der Waals surface area (Å²) in [6, 6.07) is 12.6. The van der Waals surface area contributed by atoms with E-state index in [2.05, 4.69) is 0 Å². The van der Waals surface area contributed by atoms with E-state index in [4.69, 9.17) is 4.74 Å². The van der Waals surface area contributed by atoms with E-state index in [0.717, 1.165) is 23.1 Å². The second-order valence-corrected chi connectivity index (χ2v) is 8.25. The Labute approximate surface area is 155 Å². The number of hydrogen-bond donors (Lipinski definition) is 0. The number of aryl methyl sites for hydroxylation is 1. The summed E-state index contributed by atoms with van der Waals surface area (Å²) >= 11 is 0. The maximum Gasteiger partial charge on any atom is 0.253 e. The highest BCUT2D eigenvalue weighted by Crippen LogP contribution is 2.23. The Morgan fingerprint density at radius 1 is 1.08 bits per heavy atom. The number of rotatable bonds is 6. The first kappa shape index (κ1) is 19.8. The number of carbonyl (C=O) groups excluding carboxylic acids is 1. The molecule has 0 unspecified atom stereocenters. The quantitative estimate of drug-likeness (QED) is 0.777. The number of methoxy groups -OCH3 is 1. The molecule has 2 aromatic carbocycles. The van der Waals surface area contributed by atoms with Crippen molar-refractivity contribution in [1.82, 2.24) is 4.90 Å². The van der Waals surface area contributed by atoms with E-state index in [0.29, 0.717) is 17.8 Å². The molecule has 0 saturated heterocycles. The van der Waals surface area contributed by atoms with Gasteiger partial charge in [-0.1, -0.05) is 12.1 Å². The van der Waals surface area contributed by atoms with Gasteiger partial charge in [0.05, 0.1) is 19.1 Å². The van der Waals surface area contributed by atoms with Crippen molar-refractivity contribution in [2.45, 2.75) is 13.5 Å². The van der Waals surface area contributed by atoms with Crippen LogP contribution in [0.1, 0.15) is 21.5 Å². The molecule has 0 aliphatic carbocycles. The fourth-order valence-electron chi connectivity index (χ4n) is 2.62. The zero-order valence-electron chi connectivity index (χ0n) is 15.7. The predicted molar refractivity (Wildman–Crippen MR) is 103 cm³/mol. The maximum atomic E-state index is 12.7. The number of benzene rings is 2. The SMILES string of the molecule is COc1ccc(CN(C)C(=O)c2ccc(N(C)S(C)(=O)=O)c(C)c2)cc1. The van der Waals surface area contributed by atoms with Crippen LogP contribution in [0.15, 0.2) is 42.5 Å². The van der Waals surface area contributed by atoms with Gasteiger partial charge in [0.1, 0.15) is 5.75 Å². The van der Waals surface area contributed by atoms with Crippen LogP contribution in [0.5, 0.6) is 5.75 Å². The average Bonchev–Trinajstić information content (AvgIpc) is 2.60. The molecule has 1 amide bonds. The third-order valence-corrected chi connectivity index (χ3v) is 5.40. The van der Waals surface area contributed by atoms with Crippen molar-refractivity contribution in [3.05, 3.63) is 59.2 Å². The number of hydrogen-bond acceptors (Lipinski definition) is 4. The van der Waals surface area contributed by atoms with Gasteiger partial charge in [-0.25, -0.2) is 8.42 Å². The van der Waals surface area contributed by atoms with E-state index in [1.54, 1.807) is 44.2 Å². The lowest BCUT2D eigenvalue weighted by Gasteiger charge is -2.21. The summed E-state index contributed by atoms with van der Waals surface area (Å²) in [5.41, 5.74) is 2.79. The van der Waals surface area contributed by atoms with Crippen LogP contribution in [-0.2, 0) is 16.6 Å². The lowest BCUT2D eigenvalue weighted by molar-refractivity contribution is 0.0785. The zero-order valence-corrected chi connectivity index (χ0v) is 16.5. The Morgan fingerprint density at radius 2 is 1.69 bits per heavy atom. The summed E-state index contributed by atoms with van der Waals surface area (Å²) in [7, 11) is 1.49. The molecule has 6 nitrogen and oxygen atoms in total. The van der Waals surface area contributed by atoms with Gasteiger partial charge >= 0.3 is 0 Å². The van der Waals surface area contributed by atoms with E-state index < -0.39 is 10.0 Å². The van der Waals surface area contributed by atoms with Gasteiger partial charge in [0, 0.05) is 26.2 Å². The molecule has 0 radical (unpaired) electrons. The van der Waals surface area contributed by atoms with Gasteiger partial charge in [0.15, 0.2) is 0 Å². The van der Waals surface area contributed by atoms with E-state index in [-0.39, 0.29) is 5.91 Å². The standard InChI is InChI=1S/C19H24N2O4S/c1-14-12-16(8-11-18(14)21(3)26(5,23)24)19(22)20(2)13-15-6-9-17(25-4)10-7-15/h6-12H,13H2,1-5H3. The molecule has 2 rings (SSSR count). The summed E-state index contributed by atoms with van der Waals surface area (Å²) in [5.74, 6) is 0.640. The normalized spacial score (nSPS) is 11.1. The Morgan fingerprint density at radius 3 is 2.19 bits per heavy atom. The van der Waals surface area contributed by atoms with Crippen LogP contribution in [0.3, 0.4) is 0 Å². The van der Waals surface area contributed by atoms with Gasteiger partial charge in [0.2, 0.25) is 10.0 Å². The second-order valence-electron chi connectivity index (χ2n) is 6.24. The van der Waals surface area contributed by atoms with Crippen LogP contribution in [0.25, 0.3) is 0 Å². The number of carbonyl (C=O) groups is 1. The molecular weight excluding hydrogens is 352 g/mol. The number of anilines is 1. The first-order valence-electron chi connectivity index (χ1n) is 8.06. The average molecular weight is 376 g/mol. The minimum Gasteiger partial charge on any atom is -0.497 e. The molecule has 0 aliphatic heterocycles. The van der Waals surface area contributed by atoms with Gasteiger partial charge in [0.25, 0.3) is 5.91 Å². The summed E-state index contributed by atoms with van der Waals surface area (Å²) in [5, 5.41) is 0.